The molecule has 0 spiro atoms. The van der Waals surface area contributed by atoms with Gasteiger partial charge in [0.2, 0.25) is 0 Å². The van der Waals surface area contributed by atoms with E-state index in [9.17, 15) is 23.2 Å². The van der Waals surface area contributed by atoms with Crippen LogP contribution in [-0.4, -0.2) is 5.78 Å². The van der Waals surface area contributed by atoms with Crippen LogP contribution in [0.4, 0.5) is 18.9 Å². The molecule has 9 heteroatoms. The Bertz CT molecular complexity index is 1280. The molecule has 1 aromatic heterocycles. The minimum Gasteiger partial charge on any atom is -0.384 e. The van der Waals surface area contributed by atoms with Gasteiger partial charge in [0.25, 0.3) is 0 Å². The fraction of sp³-hybridized carbons (Fsp3) is 0.360. The van der Waals surface area contributed by atoms with Gasteiger partial charge in [-0.2, -0.15) is 18.4 Å². The summed E-state index contributed by atoms with van der Waals surface area (Å²) < 4.78 is 40.6. The minimum absolute atomic E-state index is 0.00128. The maximum absolute atomic E-state index is 13.5. The van der Waals surface area contributed by atoms with Crippen molar-refractivity contribution in [2.75, 3.05) is 4.90 Å². The average molecular weight is 506 g/mol. The molecule has 2 aliphatic rings. The fourth-order valence-electron chi connectivity index (χ4n) is 4.67. The molecule has 2 N–H and O–H groups in total. The Morgan fingerprint density at radius 2 is 1.97 bits per heavy atom. The summed E-state index contributed by atoms with van der Waals surface area (Å²) in [5, 5.41) is 10.1. The minimum atomic E-state index is -4.60. The first-order valence-corrected chi connectivity index (χ1v) is 12.0. The number of hydrogen-bond acceptors (Lipinski definition) is 5. The van der Waals surface area contributed by atoms with Crippen LogP contribution in [0.1, 0.15) is 54.8 Å². The molecular weight excluding hydrogens is 483 g/mol. The van der Waals surface area contributed by atoms with Crippen LogP contribution in [0.3, 0.4) is 0 Å². The van der Waals surface area contributed by atoms with Gasteiger partial charge in [-0.3, -0.25) is 9.69 Å². The van der Waals surface area contributed by atoms with Crippen LogP contribution < -0.4 is 10.6 Å². The molecule has 0 saturated carbocycles. The Kier molecular flexibility index (Phi) is 6.07. The third kappa shape index (κ3) is 4.12. The van der Waals surface area contributed by atoms with Gasteiger partial charge in [-0.1, -0.05) is 32.4 Å². The van der Waals surface area contributed by atoms with E-state index in [2.05, 4.69) is 6.07 Å². The number of nitrogens with two attached hydrogens (primary N) is 1. The normalized spacial score (nSPS) is 20.5. The highest BCUT2D eigenvalue weighted by Crippen LogP contribution is 2.52. The molecule has 0 fully saturated rings. The highest BCUT2D eigenvalue weighted by molar-refractivity contribution is 7.12. The van der Waals surface area contributed by atoms with Crippen LogP contribution in [0.5, 0.6) is 0 Å². The lowest BCUT2D eigenvalue weighted by Gasteiger charge is -2.43. The van der Waals surface area contributed by atoms with Crippen molar-refractivity contribution in [2.45, 2.75) is 52.1 Å². The van der Waals surface area contributed by atoms with E-state index in [1.807, 2.05) is 32.9 Å². The zero-order valence-corrected chi connectivity index (χ0v) is 20.5. The van der Waals surface area contributed by atoms with Crippen molar-refractivity contribution < 1.29 is 18.0 Å². The van der Waals surface area contributed by atoms with Crippen molar-refractivity contribution in [1.82, 2.24) is 0 Å². The van der Waals surface area contributed by atoms with Gasteiger partial charge in [0.15, 0.2) is 5.78 Å². The van der Waals surface area contributed by atoms with Crippen molar-refractivity contribution >= 4 is 34.4 Å². The quantitative estimate of drug-likeness (QED) is 0.491. The highest BCUT2D eigenvalue weighted by Gasteiger charge is 2.45. The summed E-state index contributed by atoms with van der Waals surface area (Å²) in [6.45, 7) is 5.87. The predicted molar refractivity (Wildman–Crippen MR) is 127 cm³/mol. The molecule has 1 aromatic carbocycles. The van der Waals surface area contributed by atoms with Crippen molar-refractivity contribution in [2.24, 2.45) is 11.1 Å². The molecule has 2 aromatic rings. The number of hydrogen-bond donors (Lipinski definition) is 1. The topological polar surface area (TPSA) is 70.1 Å². The number of nitriles is 1. The number of aryl methyl sites for hydroxylation is 1. The predicted octanol–water partition coefficient (Wildman–Crippen LogP) is 6.92. The van der Waals surface area contributed by atoms with Gasteiger partial charge < -0.3 is 5.73 Å². The summed E-state index contributed by atoms with van der Waals surface area (Å²) in [7, 11) is 0. The highest BCUT2D eigenvalue weighted by atomic mass is 35.5. The number of carbonyl (C=O) groups excluding carboxylic acids is 1. The molecule has 1 atom stereocenters. The van der Waals surface area contributed by atoms with Gasteiger partial charge in [-0.25, -0.2) is 0 Å². The maximum Gasteiger partial charge on any atom is 0.416 e. The number of halogens is 4. The van der Waals surface area contributed by atoms with Gasteiger partial charge in [-0.05, 0) is 48.6 Å². The van der Waals surface area contributed by atoms with E-state index >= 15 is 0 Å². The number of ketones is 1. The number of thiophene rings is 1. The van der Waals surface area contributed by atoms with E-state index < -0.39 is 23.1 Å². The molecule has 4 rings (SSSR count). The third-order valence-corrected chi connectivity index (χ3v) is 7.82. The van der Waals surface area contributed by atoms with Gasteiger partial charge in [0.1, 0.15) is 5.82 Å². The summed E-state index contributed by atoms with van der Waals surface area (Å²) in [6.07, 6.45) is -3.14. The number of carbonyl (C=O) groups is 1. The average Bonchev–Trinajstić information content (AvgIpc) is 3.21. The van der Waals surface area contributed by atoms with E-state index in [0.29, 0.717) is 17.7 Å². The molecule has 178 valence electrons. The van der Waals surface area contributed by atoms with Crippen molar-refractivity contribution in [3.63, 3.8) is 0 Å². The van der Waals surface area contributed by atoms with Gasteiger partial charge in [-0.15, -0.1) is 11.3 Å². The summed E-state index contributed by atoms with van der Waals surface area (Å²) >= 11 is 7.88. The summed E-state index contributed by atoms with van der Waals surface area (Å²) in [5.41, 5.74) is 6.20. The molecule has 1 aliphatic carbocycles. The lowest BCUT2D eigenvalue weighted by molar-refractivity contribution is -0.137. The molecule has 0 saturated heterocycles. The second kappa shape index (κ2) is 8.47. The number of anilines is 1. The van der Waals surface area contributed by atoms with Crippen LogP contribution in [0.15, 0.2) is 53.0 Å². The second-order valence-electron chi connectivity index (χ2n) is 9.30. The standard InChI is InChI=1S/C25H23ClF3N3OS/c1-4-14-6-8-20(34-14)21-15(12-30)23(31)32(18-10-24(2,3)11-19(33)22(18)21)17-9-13(25(27,28)29)5-7-16(17)26/h5-9,21H,4,10-11,31H2,1-3H3/t21-/m0/s1. The van der Waals surface area contributed by atoms with E-state index in [0.717, 1.165) is 34.4 Å². The zero-order chi connectivity index (χ0) is 25.0. The fourth-order valence-corrected chi connectivity index (χ4v) is 5.94. The summed E-state index contributed by atoms with van der Waals surface area (Å²) in [6, 6.07) is 8.96. The molecule has 2 heterocycles. The van der Waals surface area contributed by atoms with E-state index in [4.69, 9.17) is 17.3 Å². The first kappa shape index (κ1) is 24.4. The van der Waals surface area contributed by atoms with Crippen LogP contribution >= 0.6 is 22.9 Å². The third-order valence-electron chi connectivity index (χ3n) is 6.21. The monoisotopic (exact) mass is 505 g/mol. The lowest BCUT2D eigenvalue weighted by atomic mass is 9.69. The Morgan fingerprint density at radius 1 is 1.26 bits per heavy atom. The number of alkyl halides is 3. The van der Waals surface area contributed by atoms with Crippen molar-refractivity contribution in [1.29, 1.82) is 5.26 Å². The Hall–Kier alpha value is -2.76. The Morgan fingerprint density at radius 3 is 2.56 bits per heavy atom. The molecule has 0 amide bonds. The number of benzene rings is 1. The van der Waals surface area contributed by atoms with Gasteiger partial charge in [0, 0.05) is 27.4 Å². The van der Waals surface area contributed by atoms with E-state index in [1.54, 1.807) is 0 Å². The zero-order valence-electron chi connectivity index (χ0n) is 18.9. The first-order valence-electron chi connectivity index (χ1n) is 10.8. The molecule has 1 aliphatic heterocycles. The summed E-state index contributed by atoms with van der Waals surface area (Å²) in [5.74, 6) is -0.810. The van der Waals surface area contributed by atoms with Crippen LogP contribution in [0.25, 0.3) is 0 Å². The van der Waals surface area contributed by atoms with Crippen molar-refractivity contribution in [3.8, 4) is 6.07 Å². The van der Waals surface area contributed by atoms with E-state index in [1.165, 1.54) is 16.2 Å². The van der Waals surface area contributed by atoms with Crippen LogP contribution in [0, 0.1) is 16.7 Å². The Labute approximate surface area is 205 Å². The van der Waals surface area contributed by atoms with E-state index in [-0.39, 0.29) is 34.3 Å². The molecule has 0 unspecified atom stereocenters. The lowest BCUT2D eigenvalue weighted by Crippen LogP contribution is -2.42. The maximum atomic E-state index is 13.5. The second-order valence-corrected chi connectivity index (χ2v) is 10.9. The largest absolute Gasteiger partial charge is 0.416 e. The number of rotatable bonds is 3. The number of allylic oxidation sites excluding steroid dienone is 3. The smallest absolute Gasteiger partial charge is 0.384 e. The number of Topliss-reactive ketones (excluding diaryl/α,β-unsaturated/α-hetero) is 1. The SMILES string of the molecule is CCc1ccc([C@@H]2C(C#N)=C(N)N(c3cc(C(F)(F)F)ccc3Cl)C3=C2C(=O)CC(C)(C)C3)s1. The molecular formula is C25H23ClF3N3OS. The number of nitrogens with zero attached hydrogens (tertiary/aromatic N) is 2. The molecule has 0 radical (unpaired) electrons. The van der Waals surface area contributed by atoms with Crippen molar-refractivity contribution in [3.05, 3.63) is 73.3 Å². The first-order chi connectivity index (χ1) is 15.9. The molecule has 34 heavy (non-hydrogen) atoms. The molecule has 4 nitrogen and oxygen atoms in total. The van der Waals surface area contributed by atoms with Crippen LogP contribution in [-0.2, 0) is 17.4 Å². The van der Waals surface area contributed by atoms with Gasteiger partial charge >= 0.3 is 6.18 Å². The molecule has 0 bridgehead atoms. The Balaban J connectivity index is 2.01. The summed E-state index contributed by atoms with van der Waals surface area (Å²) in [4.78, 5) is 16.8. The van der Waals surface area contributed by atoms with Crippen LogP contribution in [0.2, 0.25) is 5.02 Å². The van der Waals surface area contributed by atoms with Gasteiger partial charge in [0.05, 0.1) is 33.8 Å².